The zero-order chi connectivity index (χ0) is 20.9. The van der Waals surface area contributed by atoms with Gasteiger partial charge in [-0.25, -0.2) is 9.37 Å². The first-order chi connectivity index (χ1) is 14.6. The van der Waals surface area contributed by atoms with Crippen molar-refractivity contribution < 1.29 is 8.91 Å². The molecular weight excluding hydrogens is 385 g/mol. The highest BCUT2D eigenvalue weighted by molar-refractivity contribution is 5.80. The third-order valence-electron chi connectivity index (χ3n) is 5.31. The number of aromatic nitrogens is 3. The van der Waals surface area contributed by atoms with Gasteiger partial charge in [0.15, 0.2) is 5.96 Å². The fourth-order valence-corrected chi connectivity index (χ4v) is 3.67. The number of piperazine rings is 1. The number of nitrogens with one attached hydrogen (secondary N) is 1. The smallest absolute Gasteiger partial charge is 0.194 e. The molecule has 4 rings (SSSR count). The van der Waals surface area contributed by atoms with Gasteiger partial charge in [-0.2, -0.15) is 0 Å². The molecule has 1 aliphatic rings. The van der Waals surface area contributed by atoms with Crippen LogP contribution in [0.5, 0.6) is 0 Å². The van der Waals surface area contributed by atoms with E-state index in [0.717, 1.165) is 55.8 Å². The maximum Gasteiger partial charge on any atom is 0.194 e. The highest BCUT2D eigenvalue weighted by Gasteiger charge is 2.20. The van der Waals surface area contributed by atoms with Crippen molar-refractivity contribution in [2.45, 2.75) is 20.0 Å². The summed E-state index contributed by atoms with van der Waals surface area (Å²) < 4.78 is 21.3. The predicted octanol–water partition coefficient (Wildman–Crippen LogP) is 2.20. The third kappa shape index (κ3) is 4.51. The molecule has 1 saturated heterocycles. The number of hydrogen-bond acceptors (Lipinski definition) is 5. The van der Waals surface area contributed by atoms with Crippen LogP contribution in [-0.4, -0.2) is 63.7 Å². The Morgan fingerprint density at radius 2 is 2.07 bits per heavy atom. The number of hydrogen-bond donors (Lipinski definition) is 1. The normalized spacial score (nSPS) is 15.6. The molecule has 1 aliphatic heterocycles. The quantitative estimate of drug-likeness (QED) is 0.513. The van der Waals surface area contributed by atoms with Crippen molar-refractivity contribution >= 4 is 5.96 Å². The molecule has 1 aromatic carbocycles. The summed E-state index contributed by atoms with van der Waals surface area (Å²) in [4.78, 5) is 13.1. The molecule has 0 atom stereocenters. The molecule has 0 spiro atoms. The van der Waals surface area contributed by atoms with E-state index in [-0.39, 0.29) is 5.82 Å². The van der Waals surface area contributed by atoms with Gasteiger partial charge in [-0.05, 0) is 24.6 Å². The number of halogens is 1. The molecule has 0 aliphatic carbocycles. The monoisotopic (exact) mass is 411 g/mol. The van der Waals surface area contributed by atoms with Gasteiger partial charge in [0, 0.05) is 64.8 Å². The van der Waals surface area contributed by atoms with Crippen molar-refractivity contribution in [3.63, 3.8) is 0 Å². The van der Waals surface area contributed by atoms with Gasteiger partial charge in [0.2, 0.25) is 0 Å². The van der Waals surface area contributed by atoms with Crippen molar-refractivity contribution in [2.75, 3.05) is 33.2 Å². The summed E-state index contributed by atoms with van der Waals surface area (Å²) >= 11 is 0. The number of aryl methyl sites for hydroxylation is 1. The Kier molecular flexibility index (Phi) is 6.08. The summed E-state index contributed by atoms with van der Waals surface area (Å²) in [7, 11) is 1.77. The third-order valence-corrected chi connectivity index (χ3v) is 5.31. The summed E-state index contributed by atoms with van der Waals surface area (Å²) in [6.07, 6.45) is 5.03. The van der Waals surface area contributed by atoms with Crippen molar-refractivity contribution in [1.82, 2.24) is 29.8 Å². The first-order valence-corrected chi connectivity index (χ1v) is 10.00. The van der Waals surface area contributed by atoms with Crippen LogP contribution in [0.3, 0.4) is 0 Å². The van der Waals surface area contributed by atoms with Gasteiger partial charge in [0.25, 0.3) is 0 Å². The zero-order valence-electron chi connectivity index (χ0n) is 17.3. The first-order valence-electron chi connectivity index (χ1n) is 10.00. The molecule has 158 valence electrons. The molecule has 1 N–H and O–H groups in total. The first kappa shape index (κ1) is 20.1. The van der Waals surface area contributed by atoms with Crippen molar-refractivity contribution in [3.8, 4) is 5.69 Å². The van der Waals surface area contributed by atoms with Crippen LogP contribution in [0.1, 0.15) is 17.1 Å². The van der Waals surface area contributed by atoms with Crippen LogP contribution in [0.2, 0.25) is 0 Å². The number of nitrogens with zero attached hydrogens (tertiary/aromatic N) is 6. The lowest BCUT2D eigenvalue weighted by Gasteiger charge is -2.36. The lowest BCUT2D eigenvalue weighted by Crippen LogP contribution is -2.52. The van der Waals surface area contributed by atoms with E-state index >= 15 is 0 Å². The van der Waals surface area contributed by atoms with Crippen LogP contribution in [0.4, 0.5) is 4.39 Å². The van der Waals surface area contributed by atoms with Crippen LogP contribution in [-0.2, 0) is 13.1 Å². The summed E-state index contributed by atoms with van der Waals surface area (Å²) in [6, 6.07) is 7.16. The van der Waals surface area contributed by atoms with Crippen molar-refractivity contribution in [2.24, 2.45) is 4.99 Å². The molecule has 0 unspecified atom stereocenters. The van der Waals surface area contributed by atoms with Gasteiger partial charge in [-0.15, -0.1) is 0 Å². The molecule has 3 aromatic rings. The van der Waals surface area contributed by atoms with Crippen LogP contribution in [0, 0.1) is 12.7 Å². The minimum atomic E-state index is -0.271. The second kappa shape index (κ2) is 9.08. The Labute approximate surface area is 175 Å². The number of imidazole rings is 1. The summed E-state index contributed by atoms with van der Waals surface area (Å²) in [5.74, 6) is 1.31. The average molecular weight is 411 g/mol. The minimum absolute atomic E-state index is 0.271. The molecule has 0 bridgehead atoms. The summed E-state index contributed by atoms with van der Waals surface area (Å²) in [5.41, 5.74) is 2.31. The average Bonchev–Trinajstić information content (AvgIpc) is 3.41. The van der Waals surface area contributed by atoms with E-state index in [2.05, 4.69) is 30.2 Å². The molecule has 30 heavy (non-hydrogen) atoms. The second-order valence-electron chi connectivity index (χ2n) is 7.28. The van der Waals surface area contributed by atoms with E-state index in [0.29, 0.717) is 12.2 Å². The number of aliphatic imine (C=N–C) groups is 1. The molecule has 9 heteroatoms. The van der Waals surface area contributed by atoms with Crippen LogP contribution < -0.4 is 5.32 Å². The van der Waals surface area contributed by atoms with Crippen LogP contribution in [0.25, 0.3) is 5.69 Å². The maximum absolute atomic E-state index is 14.6. The number of rotatable bonds is 5. The highest BCUT2D eigenvalue weighted by atomic mass is 19.1. The van der Waals surface area contributed by atoms with Gasteiger partial charge in [-0.1, -0.05) is 11.2 Å². The van der Waals surface area contributed by atoms with Gasteiger partial charge >= 0.3 is 0 Å². The maximum atomic E-state index is 14.6. The lowest BCUT2D eigenvalue weighted by atomic mass is 10.2. The largest absolute Gasteiger partial charge is 0.364 e. The number of guanidine groups is 1. The van der Waals surface area contributed by atoms with Crippen molar-refractivity contribution in [1.29, 1.82) is 0 Å². The Morgan fingerprint density at radius 3 is 2.70 bits per heavy atom. The number of benzene rings is 1. The van der Waals surface area contributed by atoms with Gasteiger partial charge in [0.05, 0.1) is 11.4 Å². The second-order valence-corrected chi connectivity index (χ2v) is 7.28. The minimum Gasteiger partial charge on any atom is -0.364 e. The van der Waals surface area contributed by atoms with E-state index in [9.17, 15) is 4.39 Å². The molecule has 0 radical (unpaired) electrons. The molecule has 1 fully saturated rings. The Balaban J connectivity index is 1.32. The van der Waals surface area contributed by atoms with Gasteiger partial charge < -0.3 is 19.3 Å². The molecular formula is C21H26FN7O. The topological polar surface area (TPSA) is 74.7 Å². The van der Waals surface area contributed by atoms with Crippen LogP contribution >= 0.6 is 0 Å². The van der Waals surface area contributed by atoms with Gasteiger partial charge in [-0.3, -0.25) is 9.89 Å². The fraction of sp³-hybridized carbons (Fsp3) is 0.381. The van der Waals surface area contributed by atoms with E-state index in [1.165, 1.54) is 0 Å². The van der Waals surface area contributed by atoms with Gasteiger partial charge in [0.1, 0.15) is 17.9 Å². The standard InChI is InChI=1S/C21H26FN7O/c1-16-24-6-7-29(16)20-4-3-17(13-19(20)22)14-25-21(23-2)28-10-8-27(9-11-28)15-18-5-12-30-26-18/h3-7,12-13H,8-11,14-15H2,1-2H3,(H,23,25). The molecule has 2 aromatic heterocycles. The van der Waals surface area contributed by atoms with E-state index in [4.69, 9.17) is 4.52 Å². The lowest BCUT2D eigenvalue weighted by molar-refractivity contribution is 0.169. The van der Waals surface area contributed by atoms with Crippen molar-refractivity contribution in [3.05, 3.63) is 65.8 Å². The Morgan fingerprint density at radius 1 is 1.23 bits per heavy atom. The van der Waals surface area contributed by atoms with Crippen LogP contribution in [0.15, 0.2) is 52.4 Å². The van der Waals surface area contributed by atoms with E-state index < -0.39 is 0 Å². The summed E-state index contributed by atoms with van der Waals surface area (Å²) in [6.45, 7) is 6.71. The Hall–Kier alpha value is -3.20. The van der Waals surface area contributed by atoms with E-state index in [1.807, 2.05) is 19.1 Å². The SMILES string of the molecule is CN=C(NCc1ccc(-n2ccnc2C)c(F)c1)N1CCN(Cc2ccon2)CC1. The fourth-order valence-electron chi connectivity index (χ4n) is 3.67. The summed E-state index contributed by atoms with van der Waals surface area (Å²) in [5, 5.41) is 7.33. The van der Waals surface area contributed by atoms with E-state index in [1.54, 1.807) is 42.4 Å². The zero-order valence-corrected chi connectivity index (χ0v) is 17.3. The highest BCUT2D eigenvalue weighted by Crippen LogP contribution is 2.17. The Bertz CT molecular complexity index is 991. The molecule has 3 heterocycles. The predicted molar refractivity (Wildman–Crippen MR) is 112 cm³/mol. The molecule has 8 nitrogen and oxygen atoms in total. The molecule has 0 saturated carbocycles. The molecule has 0 amide bonds.